The van der Waals surface area contributed by atoms with E-state index in [1.807, 2.05) is 44.2 Å². The van der Waals surface area contributed by atoms with E-state index in [0.29, 0.717) is 37.5 Å². The van der Waals surface area contributed by atoms with Crippen molar-refractivity contribution < 1.29 is 19.3 Å². The molecule has 0 radical (unpaired) electrons. The fourth-order valence-corrected chi connectivity index (χ4v) is 4.29. The summed E-state index contributed by atoms with van der Waals surface area (Å²) in [6.07, 6.45) is 1.31. The molecule has 27 heavy (non-hydrogen) atoms. The van der Waals surface area contributed by atoms with E-state index in [1.54, 1.807) is 0 Å². The molecule has 3 unspecified atom stereocenters. The second kappa shape index (κ2) is 7.10. The average Bonchev–Trinajstić information content (AvgIpc) is 2.89. The topological polar surface area (TPSA) is 47.9 Å². The summed E-state index contributed by atoms with van der Waals surface area (Å²) in [5, 5.41) is 11.0. The molecule has 2 aromatic carbocycles. The molecule has 0 amide bonds. The van der Waals surface area contributed by atoms with Gasteiger partial charge < -0.3 is 19.3 Å². The zero-order chi connectivity index (χ0) is 19.1. The van der Waals surface area contributed by atoms with Crippen molar-refractivity contribution in [2.75, 3.05) is 13.2 Å². The highest BCUT2D eigenvalue weighted by molar-refractivity contribution is 6.31. The molecule has 0 saturated carbocycles. The summed E-state index contributed by atoms with van der Waals surface area (Å²) in [6.45, 7) is 5.10. The van der Waals surface area contributed by atoms with Crippen molar-refractivity contribution in [1.29, 1.82) is 0 Å². The molecule has 2 fully saturated rings. The molecular formula is C22H25ClO4. The predicted octanol–water partition coefficient (Wildman–Crippen LogP) is 4.44. The SMILES string of the molecule is CCOc1ccc(Cc2cc(C34CC(O)CC(C)(CO3)O4)ccc2Cl)cc1. The van der Waals surface area contributed by atoms with Crippen LogP contribution in [0.5, 0.6) is 5.75 Å². The van der Waals surface area contributed by atoms with Crippen LogP contribution in [0.3, 0.4) is 0 Å². The van der Waals surface area contributed by atoms with Crippen molar-refractivity contribution >= 4 is 11.6 Å². The van der Waals surface area contributed by atoms with E-state index < -0.39 is 17.5 Å². The van der Waals surface area contributed by atoms with Crippen molar-refractivity contribution in [2.45, 2.75) is 50.6 Å². The Morgan fingerprint density at radius 2 is 1.96 bits per heavy atom. The summed E-state index contributed by atoms with van der Waals surface area (Å²) in [4.78, 5) is 0. The third-order valence-corrected chi connectivity index (χ3v) is 5.68. The van der Waals surface area contributed by atoms with Gasteiger partial charge in [0.2, 0.25) is 0 Å². The third-order valence-electron chi connectivity index (χ3n) is 5.31. The van der Waals surface area contributed by atoms with Crippen LogP contribution < -0.4 is 4.74 Å². The third kappa shape index (κ3) is 3.72. The lowest BCUT2D eigenvalue weighted by atomic mass is 9.88. The summed E-state index contributed by atoms with van der Waals surface area (Å²) >= 11 is 6.47. The van der Waals surface area contributed by atoms with Crippen LogP contribution in [0.15, 0.2) is 42.5 Å². The minimum atomic E-state index is -0.884. The Labute approximate surface area is 165 Å². The molecule has 0 aliphatic carbocycles. The molecule has 2 aliphatic heterocycles. The Bertz CT molecular complexity index is 822. The number of aliphatic hydroxyl groups is 1. The zero-order valence-electron chi connectivity index (χ0n) is 15.7. The molecule has 1 N–H and O–H groups in total. The fourth-order valence-electron chi connectivity index (χ4n) is 4.11. The van der Waals surface area contributed by atoms with Crippen LogP contribution >= 0.6 is 11.6 Å². The van der Waals surface area contributed by atoms with E-state index in [4.69, 9.17) is 25.8 Å². The maximum Gasteiger partial charge on any atom is 0.198 e. The van der Waals surface area contributed by atoms with Crippen LogP contribution in [0.1, 0.15) is 43.4 Å². The van der Waals surface area contributed by atoms with Gasteiger partial charge in [0.25, 0.3) is 0 Å². The van der Waals surface area contributed by atoms with Gasteiger partial charge in [0.15, 0.2) is 5.79 Å². The molecule has 4 nitrogen and oxygen atoms in total. The van der Waals surface area contributed by atoms with Crippen LogP contribution in [-0.4, -0.2) is 30.0 Å². The summed E-state index contributed by atoms with van der Waals surface area (Å²) in [6, 6.07) is 13.9. The van der Waals surface area contributed by atoms with Gasteiger partial charge in [-0.25, -0.2) is 0 Å². The van der Waals surface area contributed by atoms with Crippen LogP contribution in [0.4, 0.5) is 0 Å². The molecule has 2 heterocycles. The van der Waals surface area contributed by atoms with Gasteiger partial charge in [-0.05, 0) is 55.7 Å². The van der Waals surface area contributed by atoms with Crippen molar-refractivity contribution in [3.63, 3.8) is 0 Å². The summed E-state index contributed by atoms with van der Waals surface area (Å²) in [7, 11) is 0. The number of rotatable bonds is 5. The predicted molar refractivity (Wildman–Crippen MR) is 104 cm³/mol. The molecular weight excluding hydrogens is 364 g/mol. The van der Waals surface area contributed by atoms with Gasteiger partial charge in [-0.15, -0.1) is 0 Å². The number of hydrogen-bond acceptors (Lipinski definition) is 4. The van der Waals surface area contributed by atoms with Gasteiger partial charge in [-0.2, -0.15) is 0 Å². The summed E-state index contributed by atoms with van der Waals surface area (Å²) < 4.78 is 17.8. The largest absolute Gasteiger partial charge is 0.494 e. The number of halogens is 1. The minimum absolute atomic E-state index is 0.434. The van der Waals surface area contributed by atoms with E-state index in [2.05, 4.69) is 12.1 Å². The zero-order valence-corrected chi connectivity index (χ0v) is 16.5. The Hall–Kier alpha value is -1.59. The van der Waals surface area contributed by atoms with E-state index in [9.17, 15) is 5.11 Å². The molecule has 4 rings (SSSR count). The molecule has 0 spiro atoms. The highest BCUT2D eigenvalue weighted by Crippen LogP contribution is 2.49. The molecule has 144 valence electrons. The number of aliphatic hydroxyl groups excluding tert-OH is 1. The first-order valence-electron chi connectivity index (χ1n) is 9.44. The van der Waals surface area contributed by atoms with E-state index in [0.717, 1.165) is 22.4 Å². The van der Waals surface area contributed by atoms with E-state index >= 15 is 0 Å². The van der Waals surface area contributed by atoms with Gasteiger partial charge in [-0.3, -0.25) is 0 Å². The smallest absolute Gasteiger partial charge is 0.198 e. The van der Waals surface area contributed by atoms with Gasteiger partial charge in [-0.1, -0.05) is 29.8 Å². The fraction of sp³-hybridized carbons (Fsp3) is 0.455. The quantitative estimate of drug-likeness (QED) is 0.822. The van der Waals surface area contributed by atoms with Crippen molar-refractivity contribution in [3.05, 3.63) is 64.2 Å². The van der Waals surface area contributed by atoms with Gasteiger partial charge in [0.1, 0.15) is 5.75 Å². The van der Waals surface area contributed by atoms with Crippen LogP contribution in [0.25, 0.3) is 0 Å². The number of ether oxygens (including phenoxy) is 3. The van der Waals surface area contributed by atoms with Crippen molar-refractivity contribution in [2.24, 2.45) is 0 Å². The Morgan fingerprint density at radius 3 is 2.70 bits per heavy atom. The monoisotopic (exact) mass is 388 g/mol. The lowest BCUT2D eigenvalue weighted by Gasteiger charge is -2.38. The number of benzene rings is 2. The first-order valence-corrected chi connectivity index (χ1v) is 9.82. The van der Waals surface area contributed by atoms with Crippen LogP contribution in [0, 0.1) is 0 Å². The van der Waals surface area contributed by atoms with Crippen molar-refractivity contribution in [1.82, 2.24) is 0 Å². The van der Waals surface area contributed by atoms with Crippen molar-refractivity contribution in [3.8, 4) is 5.75 Å². The molecule has 2 aromatic rings. The second-order valence-corrected chi connectivity index (χ2v) is 8.12. The van der Waals surface area contributed by atoms with Gasteiger partial charge in [0.05, 0.1) is 24.9 Å². The normalized spacial score (nSPS) is 29.7. The average molecular weight is 389 g/mol. The van der Waals surface area contributed by atoms with Crippen LogP contribution in [0.2, 0.25) is 5.02 Å². The highest BCUT2D eigenvalue weighted by atomic mass is 35.5. The second-order valence-electron chi connectivity index (χ2n) is 7.72. The molecule has 2 aliphatic rings. The molecule has 0 aromatic heterocycles. The lowest BCUT2D eigenvalue weighted by molar-refractivity contribution is -0.238. The summed E-state index contributed by atoms with van der Waals surface area (Å²) in [5.74, 6) is -0.0203. The minimum Gasteiger partial charge on any atom is -0.494 e. The Morgan fingerprint density at radius 1 is 1.19 bits per heavy atom. The summed E-state index contributed by atoms with van der Waals surface area (Å²) in [5.41, 5.74) is 2.63. The maximum absolute atomic E-state index is 10.3. The number of hydrogen-bond donors (Lipinski definition) is 1. The molecule has 5 heteroatoms. The Kier molecular flexibility index (Phi) is 4.93. The number of fused-ring (bicyclic) bond motifs is 2. The first-order chi connectivity index (χ1) is 12.9. The maximum atomic E-state index is 10.3. The Balaban J connectivity index is 1.60. The molecule has 2 bridgehead atoms. The highest BCUT2D eigenvalue weighted by Gasteiger charge is 2.55. The standard InChI is InChI=1S/C22H25ClO4/c1-3-25-19-7-4-15(5-8-19)10-16-11-17(6-9-20(16)23)22-13-18(24)12-21(2,27-22)14-26-22/h4-9,11,18,24H,3,10,12-14H2,1-2H3. The first kappa shape index (κ1) is 18.8. The van der Waals surface area contributed by atoms with Gasteiger partial charge in [0, 0.05) is 23.4 Å². The lowest BCUT2D eigenvalue weighted by Crippen LogP contribution is -2.44. The van der Waals surface area contributed by atoms with E-state index in [1.165, 1.54) is 0 Å². The molecule has 2 saturated heterocycles. The van der Waals surface area contributed by atoms with E-state index in [-0.39, 0.29) is 0 Å². The van der Waals surface area contributed by atoms with Crippen LogP contribution in [-0.2, 0) is 21.7 Å². The molecule has 3 atom stereocenters. The van der Waals surface area contributed by atoms with Gasteiger partial charge >= 0.3 is 0 Å².